The maximum absolute atomic E-state index is 12.2. The number of para-hydroxylation sites is 1. The largest absolute Gasteiger partial charge is 0.378 e. The Morgan fingerprint density at radius 3 is 2.45 bits per heavy atom. The highest BCUT2D eigenvalue weighted by atomic mass is 32.2. The molecule has 0 fully saturated rings. The molecule has 1 heterocycles. The maximum Gasteiger partial charge on any atom is 0.340 e. The number of hydrogen-bond acceptors (Lipinski definition) is 5. The monoisotopic (exact) mass is 311 g/mol. The van der Waals surface area contributed by atoms with Crippen LogP contribution in [0.15, 0.2) is 35.2 Å². The molecule has 7 heteroatoms. The predicted octanol–water partition coefficient (Wildman–Crippen LogP) is 2.23. The van der Waals surface area contributed by atoms with Crippen LogP contribution in [-0.2, 0) is 10.1 Å². The third-order valence-electron chi connectivity index (χ3n) is 2.62. The average molecular weight is 311 g/mol. The Bertz CT molecular complexity index is 762. The minimum Gasteiger partial charge on any atom is -0.378 e. The van der Waals surface area contributed by atoms with E-state index in [1.165, 1.54) is 23.5 Å². The SMILES string of the molecule is Cc1cc(S(=O)(=O)Oc2ccccc2C(N)=O)c(C)s1. The molecule has 0 aliphatic heterocycles. The van der Waals surface area contributed by atoms with Gasteiger partial charge in [0.15, 0.2) is 5.75 Å². The Morgan fingerprint density at radius 2 is 1.90 bits per heavy atom. The lowest BCUT2D eigenvalue weighted by Gasteiger charge is -2.09. The molecule has 1 aromatic heterocycles. The Labute approximate surface area is 121 Å². The van der Waals surface area contributed by atoms with E-state index in [9.17, 15) is 13.2 Å². The fourth-order valence-electron chi connectivity index (χ4n) is 1.76. The van der Waals surface area contributed by atoms with E-state index in [4.69, 9.17) is 9.92 Å². The minimum atomic E-state index is -3.98. The molecule has 0 spiro atoms. The van der Waals surface area contributed by atoms with Crippen LogP contribution in [0.5, 0.6) is 5.75 Å². The van der Waals surface area contributed by atoms with Gasteiger partial charge in [0.25, 0.3) is 5.91 Å². The van der Waals surface area contributed by atoms with Gasteiger partial charge in [0.1, 0.15) is 4.90 Å². The first kappa shape index (κ1) is 14.5. The van der Waals surface area contributed by atoms with Crippen LogP contribution in [0.3, 0.4) is 0 Å². The molecule has 1 aromatic carbocycles. The van der Waals surface area contributed by atoms with Crippen molar-refractivity contribution in [2.45, 2.75) is 18.7 Å². The summed E-state index contributed by atoms with van der Waals surface area (Å²) in [4.78, 5) is 12.9. The maximum atomic E-state index is 12.2. The van der Waals surface area contributed by atoms with E-state index >= 15 is 0 Å². The van der Waals surface area contributed by atoms with Gasteiger partial charge in [-0.3, -0.25) is 4.79 Å². The van der Waals surface area contributed by atoms with Gasteiger partial charge in [-0.05, 0) is 32.0 Å². The van der Waals surface area contributed by atoms with E-state index in [1.54, 1.807) is 25.1 Å². The van der Waals surface area contributed by atoms with Crippen LogP contribution < -0.4 is 9.92 Å². The van der Waals surface area contributed by atoms with Crippen LogP contribution in [0.25, 0.3) is 0 Å². The van der Waals surface area contributed by atoms with Gasteiger partial charge in [0, 0.05) is 9.75 Å². The molecule has 0 aliphatic rings. The molecule has 0 atom stereocenters. The number of aryl methyl sites for hydroxylation is 2. The van der Waals surface area contributed by atoms with Crippen LogP contribution in [0, 0.1) is 13.8 Å². The van der Waals surface area contributed by atoms with Crippen LogP contribution in [0.2, 0.25) is 0 Å². The first-order chi connectivity index (χ1) is 9.31. The van der Waals surface area contributed by atoms with Crippen LogP contribution in [0.4, 0.5) is 0 Å². The van der Waals surface area contributed by atoms with Crippen molar-refractivity contribution in [1.29, 1.82) is 0 Å². The zero-order valence-electron chi connectivity index (χ0n) is 10.9. The lowest BCUT2D eigenvalue weighted by Crippen LogP contribution is -2.16. The summed E-state index contributed by atoms with van der Waals surface area (Å²) in [5.74, 6) is -0.808. The summed E-state index contributed by atoms with van der Waals surface area (Å²) < 4.78 is 29.5. The van der Waals surface area contributed by atoms with Gasteiger partial charge >= 0.3 is 10.1 Å². The lowest BCUT2D eigenvalue weighted by atomic mass is 10.2. The van der Waals surface area contributed by atoms with E-state index in [0.29, 0.717) is 4.88 Å². The number of rotatable bonds is 4. The Kier molecular flexibility index (Phi) is 3.82. The molecule has 0 unspecified atom stereocenters. The average Bonchev–Trinajstić information content (AvgIpc) is 2.69. The van der Waals surface area contributed by atoms with E-state index in [1.807, 2.05) is 6.92 Å². The van der Waals surface area contributed by atoms with Gasteiger partial charge in [-0.25, -0.2) is 0 Å². The quantitative estimate of drug-likeness (QED) is 0.877. The minimum absolute atomic E-state index is 0.0284. The Hall–Kier alpha value is -1.86. The molecule has 0 aliphatic carbocycles. The van der Waals surface area contributed by atoms with E-state index < -0.39 is 16.0 Å². The molecule has 2 rings (SSSR count). The number of benzene rings is 1. The van der Waals surface area contributed by atoms with Crippen molar-refractivity contribution in [2.75, 3.05) is 0 Å². The highest BCUT2D eigenvalue weighted by Crippen LogP contribution is 2.28. The number of amides is 1. The summed E-state index contributed by atoms with van der Waals surface area (Å²) >= 11 is 1.37. The second kappa shape index (κ2) is 5.26. The summed E-state index contributed by atoms with van der Waals surface area (Å²) in [6, 6.07) is 7.51. The molecule has 2 aromatic rings. The summed E-state index contributed by atoms with van der Waals surface area (Å²) in [5, 5.41) is 0. The molecule has 1 amide bonds. The van der Waals surface area contributed by atoms with Gasteiger partial charge in [0.2, 0.25) is 0 Å². The summed E-state index contributed by atoms with van der Waals surface area (Å²) in [6.07, 6.45) is 0. The van der Waals surface area contributed by atoms with Gasteiger partial charge in [0.05, 0.1) is 5.56 Å². The number of thiophene rings is 1. The van der Waals surface area contributed by atoms with Gasteiger partial charge in [-0.2, -0.15) is 8.42 Å². The molecular formula is C13H13NO4S2. The number of primary amides is 1. The standard InChI is InChI=1S/C13H13NO4S2/c1-8-7-12(9(2)19-8)20(16,17)18-11-6-4-3-5-10(11)13(14)15/h3-7H,1-2H3,(H2,14,15). The van der Waals surface area contributed by atoms with E-state index in [2.05, 4.69) is 0 Å². The molecule has 5 nitrogen and oxygen atoms in total. The molecule has 0 saturated carbocycles. The Morgan fingerprint density at radius 1 is 1.25 bits per heavy atom. The third-order valence-corrected chi connectivity index (χ3v) is 5.07. The summed E-state index contributed by atoms with van der Waals surface area (Å²) in [7, 11) is -3.98. The summed E-state index contributed by atoms with van der Waals surface area (Å²) in [6.45, 7) is 3.52. The molecule has 0 saturated heterocycles. The van der Waals surface area contributed by atoms with Gasteiger partial charge in [-0.15, -0.1) is 11.3 Å². The summed E-state index contributed by atoms with van der Waals surface area (Å²) in [5.41, 5.74) is 5.22. The fraction of sp³-hybridized carbons (Fsp3) is 0.154. The van der Waals surface area contributed by atoms with Crippen molar-refractivity contribution in [3.63, 3.8) is 0 Å². The molecule has 2 N–H and O–H groups in total. The molecule has 0 bridgehead atoms. The van der Waals surface area contributed by atoms with Gasteiger partial charge in [-0.1, -0.05) is 12.1 Å². The first-order valence-corrected chi connectivity index (χ1v) is 7.94. The smallest absolute Gasteiger partial charge is 0.340 e. The molecule has 20 heavy (non-hydrogen) atoms. The topological polar surface area (TPSA) is 86.5 Å². The predicted molar refractivity (Wildman–Crippen MR) is 76.6 cm³/mol. The number of carbonyl (C=O) groups excluding carboxylic acids is 1. The second-order valence-corrected chi connectivity index (χ2v) is 7.15. The number of hydrogen-bond donors (Lipinski definition) is 1. The first-order valence-electron chi connectivity index (χ1n) is 5.71. The van der Waals surface area contributed by atoms with Crippen molar-refractivity contribution in [2.24, 2.45) is 5.73 Å². The zero-order chi connectivity index (χ0) is 14.9. The van der Waals surface area contributed by atoms with E-state index in [0.717, 1.165) is 4.88 Å². The second-order valence-electron chi connectivity index (χ2n) is 4.18. The molecular weight excluding hydrogens is 298 g/mol. The lowest BCUT2D eigenvalue weighted by molar-refractivity contribution is 0.0999. The normalized spacial score (nSPS) is 11.3. The zero-order valence-corrected chi connectivity index (χ0v) is 12.5. The van der Waals surface area contributed by atoms with E-state index in [-0.39, 0.29) is 16.2 Å². The van der Waals surface area contributed by atoms with Crippen LogP contribution in [-0.4, -0.2) is 14.3 Å². The molecule has 106 valence electrons. The number of carbonyl (C=O) groups is 1. The third kappa shape index (κ3) is 2.83. The van der Waals surface area contributed by atoms with Crippen LogP contribution >= 0.6 is 11.3 Å². The molecule has 0 radical (unpaired) electrons. The highest BCUT2D eigenvalue weighted by Gasteiger charge is 2.23. The van der Waals surface area contributed by atoms with Crippen molar-refractivity contribution in [1.82, 2.24) is 0 Å². The van der Waals surface area contributed by atoms with Crippen molar-refractivity contribution >= 4 is 27.4 Å². The van der Waals surface area contributed by atoms with Crippen molar-refractivity contribution < 1.29 is 17.4 Å². The fourth-order valence-corrected chi connectivity index (χ4v) is 4.23. The Balaban J connectivity index is 2.44. The highest BCUT2D eigenvalue weighted by molar-refractivity contribution is 7.87. The number of nitrogens with two attached hydrogens (primary N) is 1. The van der Waals surface area contributed by atoms with Crippen molar-refractivity contribution in [3.05, 3.63) is 45.6 Å². The van der Waals surface area contributed by atoms with Crippen molar-refractivity contribution in [3.8, 4) is 5.75 Å². The van der Waals surface area contributed by atoms with Gasteiger partial charge < -0.3 is 9.92 Å². The van der Waals surface area contributed by atoms with Crippen LogP contribution in [0.1, 0.15) is 20.1 Å².